The Morgan fingerprint density at radius 2 is 1.53 bits per heavy atom. The van der Waals surface area contributed by atoms with Gasteiger partial charge in [0, 0.05) is 50.5 Å². The van der Waals surface area contributed by atoms with Gasteiger partial charge in [0.1, 0.15) is 0 Å². The predicted molar refractivity (Wildman–Crippen MR) is 167 cm³/mol. The van der Waals surface area contributed by atoms with E-state index in [1.807, 2.05) is 32.0 Å². The van der Waals surface area contributed by atoms with Crippen LogP contribution in [0, 0.1) is 13.8 Å². The SMILES string of the molecule is CCOC(=O)Cc1c2nc(cc3[nH]c(cc4[nH]c(cc5nc1C(C(=O)OCC)=C5C)c(CC)c4C)c(CO)c3C)C(C)C2. The molecule has 0 saturated heterocycles. The monoisotopic (exact) mass is 584 g/mol. The van der Waals surface area contributed by atoms with Crippen LogP contribution in [0.15, 0.2) is 18.2 Å². The van der Waals surface area contributed by atoms with Crippen molar-refractivity contribution >= 4 is 45.2 Å². The summed E-state index contributed by atoms with van der Waals surface area (Å²) in [7, 11) is 0. The highest BCUT2D eigenvalue weighted by Gasteiger charge is 2.31. The lowest BCUT2D eigenvalue weighted by Gasteiger charge is -2.10. The van der Waals surface area contributed by atoms with Gasteiger partial charge in [-0.05, 0) is 87.9 Å². The Morgan fingerprint density at radius 3 is 2.19 bits per heavy atom. The Kier molecular flexibility index (Phi) is 8.55. The normalized spacial score (nSPS) is 14.7. The molecule has 0 amide bonds. The van der Waals surface area contributed by atoms with Crippen LogP contribution in [0.1, 0.15) is 91.1 Å². The first-order valence-electron chi connectivity index (χ1n) is 15.0. The van der Waals surface area contributed by atoms with Crippen molar-refractivity contribution in [2.24, 2.45) is 0 Å². The van der Waals surface area contributed by atoms with Gasteiger partial charge in [-0.2, -0.15) is 0 Å². The average molecular weight is 585 g/mol. The van der Waals surface area contributed by atoms with Gasteiger partial charge < -0.3 is 24.5 Å². The number of ether oxygens (including phenoxy) is 2. The summed E-state index contributed by atoms with van der Waals surface area (Å²) in [4.78, 5) is 43.4. The number of aliphatic hydroxyl groups excluding tert-OH is 1. The summed E-state index contributed by atoms with van der Waals surface area (Å²) in [6.07, 6.45) is 1.27. The number of esters is 2. The van der Waals surface area contributed by atoms with Crippen molar-refractivity contribution in [1.82, 2.24) is 19.9 Å². The first-order chi connectivity index (χ1) is 20.6. The van der Waals surface area contributed by atoms with Crippen molar-refractivity contribution in [3.8, 4) is 0 Å². The molecule has 0 radical (unpaired) electrons. The van der Waals surface area contributed by atoms with Crippen LogP contribution in [0.4, 0.5) is 0 Å². The smallest absolute Gasteiger partial charge is 0.340 e. The summed E-state index contributed by atoms with van der Waals surface area (Å²) in [6, 6.07) is 6.01. The molecule has 1 atom stereocenters. The van der Waals surface area contributed by atoms with Crippen LogP contribution in [-0.4, -0.2) is 50.2 Å². The standard InChI is InChI=1S/C34H40N4O5/c1-8-21-18(5)26-14-30-23(16-39)19(6)25(37-30)13-24-17(4)11-28(35-24)22(12-31(40)42-9-2)33-32(34(41)43-10-3)20(7)27(38-33)15-29(21)36-26/h13-15,17,36-37,39H,8-12,16H2,1-7H3. The number of hydrogen-bond donors (Lipinski definition) is 3. The van der Waals surface area contributed by atoms with Crippen molar-refractivity contribution in [2.75, 3.05) is 13.2 Å². The van der Waals surface area contributed by atoms with E-state index in [9.17, 15) is 14.7 Å². The molecule has 226 valence electrons. The molecule has 0 spiro atoms. The Hall–Kier alpha value is -4.24. The molecule has 9 heteroatoms. The number of nitrogens with one attached hydrogen (secondary N) is 2. The Bertz CT molecular complexity index is 1810. The molecule has 3 aromatic rings. The molecule has 3 N–H and O–H groups in total. The van der Waals surface area contributed by atoms with E-state index >= 15 is 0 Å². The van der Waals surface area contributed by atoms with E-state index in [-0.39, 0.29) is 32.2 Å². The van der Waals surface area contributed by atoms with Crippen molar-refractivity contribution in [3.05, 3.63) is 68.8 Å². The highest BCUT2D eigenvalue weighted by Crippen LogP contribution is 2.37. The predicted octanol–water partition coefficient (Wildman–Crippen LogP) is 5.93. The fourth-order valence-electron chi connectivity index (χ4n) is 6.11. The summed E-state index contributed by atoms with van der Waals surface area (Å²) >= 11 is 0. The molecule has 5 heterocycles. The maximum absolute atomic E-state index is 13.4. The van der Waals surface area contributed by atoms with E-state index in [2.05, 4.69) is 30.7 Å². The Labute approximate surface area is 251 Å². The molecule has 3 aromatic heterocycles. The van der Waals surface area contributed by atoms with Crippen LogP contribution in [0.25, 0.3) is 33.2 Å². The number of carbonyl (C=O) groups is 2. The van der Waals surface area contributed by atoms with Crippen LogP contribution >= 0.6 is 0 Å². The van der Waals surface area contributed by atoms with E-state index in [1.54, 1.807) is 13.8 Å². The number of aromatic nitrogens is 4. The van der Waals surface area contributed by atoms with Crippen molar-refractivity contribution in [3.63, 3.8) is 0 Å². The topological polar surface area (TPSA) is 130 Å². The number of aryl methyl sites for hydroxylation is 3. The van der Waals surface area contributed by atoms with Gasteiger partial charge >= 0.3 is 11.9 Å². The number of aliphatic hydroxyl groups is 1. The van der Waals surface area contributed by atoms with Crippen LogP contribution in [0.3, 0.4) is 0 Å². The zero-order valence-electron chi connectivity index (χ0n) is 26.0. The molecule has 2 aliphatic rings. The zero-order valence-corrected chi connectivity index (χ0v) is 26.0. The molecule has 0 fully saturated rings. The molecule has 5 rings (SSSR count). The highest BCUT2D eigenvalue weighted by atomic mass is 16.5. The molecule has 2 aliphatic heterocycles. The van der Waals surface area contributed by atoms with Crippen molar-refractivity contribution < 1.29 is 24.2 Å². The summed E-state index contributed by atoms with van der Waals surface area (Å²) in [6.45, 7) is 14.0. The Balaban J connectivity index is 1.99. The number of fused-ring (bicyclic) bond motifs is 8. The second kappa shape index (κ2) is 12.2. The molecule has 0 saturated carbocycles. The fourth-order valence-corrected chi connectivity index (χ4v) is 6.11. The minimum absolute atomic E-state index is 0.0450. The van der Waals surface area contributed by atoms with Gasteiger partial charge in [0.05, 0.1) is 43.2 Å². The lowest BCUT2D eigenvalue weighted by molar-refractivity contribution is -0.142. The van der Waals surface area contributed by atoms with Crippen LogP contribution in [0.2, 0.25) is 0 Å². The fraction of sp³-hybridized carbons (Fsp3) is 0.412. The molecule has 9 nitrogen and oxygen atoms in total. The molecular formula is C34H40N4O5. The quantitative estimate of drug-likeness (QED) is 0.293. The van der Waals surface area contributed by atoms with Gasteiger partial charge in [-0.1, -0.05) is 13.8 Å². The maximum atomic E-state index is 13.4. The van der Waals surface area contributed by atoms with Crippen LogP contribution in [-0.2, 0) is 44.9 Å². The number of rotatable bonds is 7. The summed E-state index contributed by atoms with van der Waals surface area (Å²) in [5.74, 6) is -0.850. The van der Waals surface area contributed by atoms with E-state index in [0.717, 1.165) is 56.4 Å². The molecule has 0 aliphatic carbocycles. The minimum Gasteiger partial charge on any atom is -0.466 e. The highest BCUT2D eigenvalue weighted by molar-refractivity contribution is 6.25. The number of allylic oxidation sites excluding steroid dienone is 1. The van der Waals surface area contributed by atoms with Crippen LogP contribution in [0.5, 0.6) is 0 Å². The van der Waals surface area contributed by atoms with Gasteiger partial charge in [0.15, 0.2) is 0 Å². The van der Waals surface area contributed by atoms with Crippen molar-refractivity contribution in [2.45, 2.75) is 80.3 Å². The number of carbonyl (C=O) groups excluding carboxylic acids is 2. The van der Waals surface area contributed by atoms with E-state index < -0.39 is 11.9 Å². The number of aromatic amines is 2. The molecular weight excluding hydrogens is 544 g/mol. The van der Waals surface area contributed by atoms with Gasteiger partial charge in [0.25, 0.3) is 0 Å². The zero-order chi connectivity index (χ0) is 31.0. The first kappa shape index (κ1) is 30.2. The average Bonchev–Trinajstić information content (AvgIpc) is 3.66. The maximum Gasteiger partial charge on any atom is 0.340 e. The second-order valence-corrected chi connectivity index (χ2v) is 11.2. The number of hydrogen-bond acceptors (Lipinski definition) is 7. The number of H-pyrrole nitrogens is 2. The lowest BCUT2D eigenvalue weighted by Crippen LogP contribution is -2.14. The Morgan fingerprint density at radius 1 is 0.884 bits per heavy atom. The van der Waals surface area contributed by atoms with Crippen LogP contribution < -0.4 is 0 Å². The van der Waals surface area contributed by atoms with E-state index in [0.29, 0.717) is 40.2 Å². The summed E-state index contributed by atoms with van der Waals surface area (Å²) < 4.78 is 10.8. The minimum atomic E-state index is -0.484. The molecule has 0 aromatic carbocycles. The molecule has 1 unspecified atom stereocenters. The second-order valence-electron chi connectivity index (χ2n) is 11.2. The third-order valence-electron chi connectivity index (χ3n) is 8.51. The van der Waals surface area contributed by atoms with Crippen molar-refractivity contribution in [1.29, 1.82) is 0 Å². The van der Waals surface area contributed by atoms with Gasteiger partial charge in [-0.3, -0.25) is 9.78 Å². The summed E-state index contributed by atoms with van der Waals surface area (Å²) in [5.41, 5.74) is 11.6. The largest absolute Gasteiger partial charge is 0.466 e. The first-order valence-corrected chi connectivity index (χ1v) is 15.0. The van der Waals surface area contributed by atoms with Gasteiger partial charge in [0.2, 0.25) is 0 Å². The summed E-state index contributed by atoms with van der Waals surface area (Å²) in [5, 5.41) is 10.3. The number of nitrogens with zero attached hydrogens (tertiary/aromatic N) is 2. The molecule has 43 heavy (non-hydrogen) atoms. The third kappa shape index (κ3) is 5.49. The molecule has 8 bridgehead atoms. The third-order valence-corrected chi connectivity index (χ3v) is 8.51. The van der Waals surface area contributed by atoms with Gasteiger partial charge in [-0.15, -0.1) is 0 Å². The lowest BCUT2D eigenvalue weighted by atomic mass is 9.97. The van der Waals surface area contributed by atoms with E-state index in [4.69, 9.17) is 19.4 Å². The van der Waals surface area contributed by atoms with Gasteiger partial charge in [-0.25, -0.2) is 9.78 Å². The van der Waals surface area contributed by atoms with E-state index in [1.165, 1.54) is 0 Å².